The highest BCUT2D eigenvalue weighted by Crippen LogP contribution is 2.51. The van der Waals surface area contributed by atoms with E-state index in [2.05, 4.69) is 16.3 Å². The molecule has 2 aromatic rings. The van der Waals surface area contributed by atoms with Crippen LogP contribution in [0.15, 0.2) is 30.3 Å². The van der Waals surface area contributed by atoms with Crippen molar-refractivity contribution in [1.29, 1.82) is 0 Å². The second-order valence-electron chi connectivity index (χ2n) is 5.23. The quantitative estimate of drug-likeness (QED) is 0.876. The number of nitrogens with one attached hydrogen (secondary N) is 1. The number of aromatic nitrogens is 2. The highest BCUT2D eigenvalue weighted by Gasteiger charge is 2.45. The van der Waals surface area contributed by atoms with Gasteiger partial charge in [-0.15, -0.1) is 0 Å². The van der Waals surface area contributed by atoms with E-state index in [1.165, 1.54) is 5.56 Å². The minimum atomic E-state index is -1.00. The standard InChI is InChI=1S/C15H16N2O3/c1-20-9-15(6-7-15)11-5-3-2-4-10(11)12-8-13(14(18)19)17-16-12/h2-5,8H,6-7,9H2,1H3,(H,16,17)(H,18,19). The summed E-state index contributed by atoms with van der Waals surface area (Å²) in [5, 5.41) is 15.7. The molecular weight excluding hydrogens is 256 g/mol. The zero-order chi connectivity index (χ0) is 14.2. The average molecular weight is 272 g/mol. The van der Waals surface area contributed by atoms with Crippen LogP contribution in [0, 0.1) is 0 Å². The van der Waals surface area contributed by atoms with E-state index in [-0.39, 0.29) is 11.1 Å². The molecule has 0 aliphatic heterocycles. The summed E-state index contributed by atoms with van der Waals surface area (Å²) in [6, 6.07) is 9.57. The Morgan fingerprint density at radius 1 is 1.45 bits per heavy atom. The Balaban J connectivity index is 2.03. The normalized spacial score (nSPS) is 16.1. The van der Waals surface area contributed by atoms with E-state index in [0.717, 1.165) is 18.4 Å². The number of hydrogen-bond donors (Lipinski definition) is 2. The maximum atomic E-state index is 11.0. The summed E-state index contributed by atoms with van der Waals surface area (Å²) in [4.78, 5) is 11.0. The summed E-state index contributed by atoms with van der Waals surface area (Å²) in [5.41, 5.74) is 3.00. The van der Waals surface area contributed by atoms with E-state index in [1.807, 2.05) is 18.2 Å². The Morgan fingerprint density at radius 2 is 2.20 bits per heavy atom. The van der Waals surface area contributed by atoms with E-state index in [4.69, 9.17) is 9.84 Å². The average Bonchev–Trinajstić information content (AvgIpc) is 3.05. The number of carboxylic acids is 1. The fourth-order valence-electron chi connectivity index (χ4n) is 2.66. The minimum Gasteiger partial charge on any atom is -0.477 e. The van der Waals surface area contributed by atoms with Crippen LogP contribution >= 0.6 is 0 Å². The van der Waals surface area contributed by atoms with Crippen molar-refractivity contribution >= 4 is 5.97 Å². The number of aromatic amines is 1. The van der Waals surface area contributed by atoms with Gasteiger partial charge in [-0.1, -0.05) is 24.3 Å². The van der Waals surface area contributed by atoms with Crippen LogP contribution in [0.4, 0.5) is 0 Å². The van der Waals surface area contributed by atoms with Gasteiger partial charge in [0.25, 0.3) is 0 Å². The van der Waals surface area contributed by atoms with Gasteiger partial charge in [0.05, 0.1) is 12.3 Å². The molecule has 0 spiro atoms. The van der Waals surface area contributed by atoms with Crippen molar-refractivity contribution in [3.05, 3.63) is 41.6 Å². The Kier molecular flexibility index (Phi) is 3.06. The molecule has 20 heavy (non-hydrogen) atoms. The van der Waals surface area contributed by atoms with E-state index < -0.39 is 5.97 Å². The highest BCUT2D eigenvalue weighted by atomic mass is 16.5. The maximum Gasteiger partial charge on any atom is 0.353 e. The topological polar surface area (TPSA) is 75.2 Å². The predicted octanol–water partition coefficient (Wildman–Crippen LogP) is 2.45. The number of aromatic carboxylic acids is 1. The zero-order valence-electron chi connectivity index (χ0n) is 11.2. The molecule has 0 saturated heterocycles. The number of rotatable bonds is 5. The van der Waals surface area contributed by atoms with Crippen LogP contribution in [0.2, 0.25) is 0 Å². The lowest BCUT2D eigenvalue weighted by atomic mass is 9.90. The molecule has 1 aliphatic rings. The van der Waals surface area contributed by atoms with Gasteiger partial charge in [-0.25, -0.2) is 4.79 Å². The zero-order valence-corrected chi connectivity index (χ0v) is 11.2. The van der Waals surface area contributed by atoms with Crippen molar-refractivity contribution in [3.63, 3.8) is 0 Å². The predicted molar refractivity (Wildman–Crippen MR) is 73.8 cm³/mol. The first-order valence-electron chi connectivity index (χ1n) is 6.54. The van der Waals surface area contributed by atoms with Crippen LogP contribution in [0.3, 0.4) is 0 Å². The van der Waals surface area contributed by atoms with Crippen molar-refractivity contribution in [2.75, 3.05) is 13.7 Å². The number of hydrogen-bond acceptors (Lipinski definition) is 3. The van der Waals surface area contributed by atoms with Crippen molar-refractivity contribution in [2.45, 2.75) is 18.3 Å². The fourth-order valence-corrected chi connectivity index (χ4v) is 2.66. The summed E-state index contributed by atoms with van der Waals surface area (Å²) in [5.74, 6) is -1.00. The summed E-state index contributed by atoms with van der Waals surface area (Å²) in [6.07, 6.45) is 2.18. The van der Waals surface area contributed by atoms with Crippen molar-refractivity contribution < 1.29 is 14.6 Å². The number of nitrogens with zero attached hydrogens (tertiary/aromatic N) is 1. The first kappa shape index (κ1) is 12.9. The summed E-state index contributed by atoms with van der Waals surface area (Å²) >= 11 is 0. The van der Waals surface area contributed by atoms with E-state index in [9.17, 15) is 4.79 Å². The van der Waals surface area contributed by atoms with Gasteiger partial charge in [0.2, 0.25) is 0 Å². The molecule has 1 aliphatic carbocycles. The molecule has 2 N–H and O–H groups in total. The van der Waals surface area contributed by atoms with E-state index >= 15 is 0 Å². The molecule has 3 rings (SSSR count). The SMILES string of the molecule is COCC1(c2ccccc2-c2cc(C(=O)O)[nH]n2)CC1. The first-order valence-corrected chi connectivity index (χ1v) is 6.54. The number of methoxy groups -OCH3 is 1. The van der Waals surface area contributed by atoms with E-state index in [0.29, 0.717) is 12.3 Å². The molecule has 0 radical (unpaired) electrons. The second-order valence-corrected chi connectivity index (χ2v) is 5.23. The number of carboxylic acid groups (broad SMARTS) is 1. The molecule has 104 valence electrons. The van der Waals surface area contributed by atoms with Gasteiger partial charge in [0.15, 0.2) is 0 Å². The van der Waals surface area contributed by atoms with Gasteiger partial charge in [0.1, 0.15) is 5.69 Å². The lowest BCUT2D eigenvalue weighted by molar-refractivity contribution is 0.0690. The van der Waals surface area contributed by atoms with Crippen molar-refractivity contribution in [3.8, 4) is 11.3 Å². The molecule has 1 heterocycles. The number of benzene rings is 1. The Morgan fingerprint density at radius 3 is 2.80 bits per heavy atom. The van der Waals surface area contributed by atoms with Crippen LogP contribution in [-0.2, 0) is 10.2 Å². The van der Waals surface area contributed by atoms with Gasteiger partial charge in [-0.2, -0.15) is 5.10 Å². The molecule has 0 bridgehead atoms. The number of H-pyrrole nitrogens is 1. The first-order chi connectivity index (χ1) is 9.66. The summed E-state index contributed by atoms with van der Waals surface area (Å²) < 4.78 is 5.34. The fraction of sp³-hybridized carbons (Fsp3) is 0.333. The molecule has 0 amide bonds. The third-order valence-electron chi connectivity index (χ3n) is 3.86. The molecule has 1 fully saturated rings. The van der Waals surface area contributed by atoms with Gasteiger partial charge >= 0.3 is 5.97 Å². The van der Waals surface area contributed by atoms with E-state index in [1.54, 1.807) is 13.2 Å². The van der Waals surface area contributed by atoms with Crippen LogP contribution in [0.25, 0.3) is 11.3 Å². The largest absolute Gasteiger partial charge is 0.477 e. The van der Waals surface area contributed by atoms with Crippen LogP contribution in [0.1, 0.15) is 28.9 Å². The molecule has 1 aromatic carbocycles. The monoisotopic (exact) mass is 272 g/mol. The Hall–Kier alpha value is -2.14. The van der Waals surface area contributed by atoms with Crippen LogP contribution in [0.5, 0.6) is 0 Å². The molecule has 5 nitrogen and oxygen atoms in total. The molecule has 0 atom stereocenters. The Bertz CT molecular complexity index is 644. The molecule has 0 unspecified atom stereocenters. The van der Waals surface area contributed by atoms with Gasteiger partial charge in [0, 0.05) is 18.1 Å². The maximum absolute atomic E-state index is 11.0. The molecular formula is C15H16N2O3. The summed E-state index contributed by atoms with van der Waals surface area (Å²) in [6.45, 7) is 0.681. The van der Waals surface area contributed by atoms with Gasteiger partial charge < -0.3 is 9.84 Å². The number of ether oxygens (including phenoxy) is 1. The van der Waals surface area contributed by atoms with Crippen LogP contribution in [-0.4, -0.2) is 35.0 Å². The Labute approximate surface area is 116 Å². The molecule has 1 saturated carbocycles. The second kappa shape index (κ2) is 4.76. The van der Waals surface area contributed by atoms with Crippen LogP contribution < -0.4 is 0 Å². The van der Waals surface area contributed by atoms with Crippen molar-refractivity contribution in [1.82, 2.24) is 10.2 Å². The lowest BCUT2D eigenvalue weighted by Gasteiger charge is -2.17. The summed E-state index contributed by atoms with van der Waals surface area (Å²) in [7, 11) is 1.71. The molecule has 1 aromatic heterocycles. The minimum absolute atomic E-state index is 0.0632. The van der Waals surface area contributed by atoms with Gasteiger partial charge in [-0.3, -0.25) is 5.10 Å². The van der Waals surface area contributed by atoms with Gasteiger partial charge in [-0.05, 0) is 24.5 Å². The number of carbonyl (C=O) groups is 1. The molecule has 5 heteroatoms. The lowest BCUT2D eigenvalue weighted by Crippen LogP contribution is -2.15. The third-order valence-corrected chi connectivity index (χ3v) is 3.86. The third kappa shape index (κ3) is 2.10. The smallest absolute Gasteiger partial charge is 0.353 e. The van der Waals surface area contributed by atoms with Crippen molar-refractivity contribution in [2.24, 2.45) is 0 Å². The highest BCUT2D eigenvalue weighted by molar-refractivity contribution is 5.87.